The van der Waals surface area contributed by atoms with Crippen LogP contribution < -0.4 is 4.72 Å². The molecular formula is C35H33Cl2N3O4S. The molecule has 0 fully saturated rings. The van der Waals surface area contributed by atoms with Gasteiger partial charge in [-0.05, 0) is 71.0 Å². The van der Waals surface area contributed by atoms with Gasteiger partial charge in [-0.1, -0.05) is 85.6 Å². The summed E-state index contributed by atoms with van der Waals surface area (Å²) in [4.78, 5) is 17.4. The van der Waals surface area contributed by atoms with Crippen LogP contribution in [0.2, 0.25) is 10.0 Å². The van der Waals surface area contributed by atoms with Crippen LogP contribution >= 0.6 is 23.2 Å². The average molecular weight is 663 g/mol. The number of rotatable bonds is 10. The normalized spacial score (nSPS) is 11.5. The van der Waals surface area contributed by atoms with Crippen LogP contribution in [-0.4, -0.2) is 37.3 Å². The summed E-state index contributed by atoms with van der Waals surface area (Å²) < 4.78 is 33.5. The molecule has 5 aromatic rings. The third kappa shape index (κ3) is 7.95. The lowest BCUT2D eigenvalue weighted by Gasteiger charge is -2.14. The Morgan fingerprint density at radius 2 is 1.56 bits per heavy atom. The molecule has 10 heteroatoms. The molecule has 232 valence electrons. The lowest BCUT2D eigenvalue weighted by Crippen LogP contribution is -2.15. The fourth-order valence-electron chi connectivity index (χ4n) is 5.15. The van der Waals surface area contributed by atoms with Crippen molar-refractivity contribution in [3.05, 3.63) is 124 Å². The second-order valence-corrected chi connectivity index (χ2v) is 13.9. The SMILES string of the molecule is COC(=O)c1ccc(-n2cc(-c3ccc(Cl)cc3Cl)nc2Cc2ccc(-c3ccc(CC(C)C)cc3)cc2)cc1NS(C)(=O)=O. The van der Waals surface area contributed by atoms with E-state index in [4.69, 9.17) is 32.9 Å². The molecule has 0 aliphatic carbocycles. The van der Waals surface area contributed by atoms with E-state index in [0.29, 0.717) is 45.2 Å². The van der Waals surface area contributed by atoms with Gasteiger partial charge in [0.2, 0.25) is 10.0 Å². The van der Waals surface area contributed by atoms with E-state index in [1.54, 1.807) is 30.3 Å². The molecule has 7 nitrogen and oxygen atoms in total. The third-order valence-electron chi connectivity index (χ3n) is 7.22. The molecule has 0 unspecified atom stereocenters. The highest BCUT2D eigenvalue weighted by Crippen LogP contribution is 2.32. The van der Waals surface area contributed by atoms with Gasteiger partial charge < -0.3 is 9.30 Å². The Labute approximate surface area is 273 Å². The second-order valence-electron chi connectivity index (χ2n) is 11.3. The summed E-state index contributed by atoms with van der Waals surface area (Å²) in [7, 11) is -2.45. The molecule has 0 aliphatic rings. The number of carbonyl (C=O) groups excluding carboxylic acids is 1. The fraction of sp³-hybridized carbons (Fsp3) is 0.200. The van der Waals surface area contributed by atoms with E-state index < -0.39 is 16.0 Å². The zero-order chi connectivity index (χ0) is 32.3. The summed E-state index contributed by atoms with van der Waals surface area (Å²) >= 11 is 12.7. The number of hydrogen-bond donors (Lipinski definition) is 1. The van der Waals surface area contributed by atoms with Gasteiger partial charge in [0.25, 0.3) is 0 Å². The Morgan fingerprint density at radius 1 is 0.911 bits per heavy atom. The average Bonchev–Trinajstić information content (AvgIpc) is 3.39. The smallest absolute Gasteiger partial charge is 0.339 e. The van der Waals surface area contributed by atoms with Crippen molar-refractivity contribution >= 4 is 44.9 Å². The highest BCUT2D eigenvalue weighted by Gasteiger charge is 2.19. The number of halogens is 2. The molecule has 0 spiro atoms. The first-order valence-corrected chi connectivity index (χ1v) is 17.0. The highest BCUT2D eigenvalue weighted by molar-refractivity contribution is 7.92. The minimum atomic E-state index is -3.69. The first kappa shape index (κ1) is 32.3. The molecule has 0 atom stereocenters. The summed E-state index contributed by atoms with van der Waals surface area (Å²) in [5.74, 6) is 0.618. The van der Waals surface area contributed by atoms with Crippen molar-refractivity contribution in [2.24, 2.45) is 5.92 Å². The van der Waals surface area contributed by atoms with Crippen molar-refractivity contribution in [3.8, 4) is 28.1 Å². The molecule has 0 bridgehead atoms. The second kappa shape index (κ2) is 13.5. The maximum atomic E-state index is 12.4. The van der Waals surface area contributed by atoms with Crippen LogP contribution in [0.15, 0.2) is 91.1 Å². The number of sulfonamides is 1. The summed E-state index contributed by atoms with van der Waals surface area (Å²) in [5, 5.41) is 0.955. The van der Waals surface area contributed by atoms with Gasteiger partial charge in [-0.3, -0.25) is 4.72 Å². The van der Waals surface area contributed by atoms with Gasteiger partial charge in [-0.2, -0.15) is 0 Å². The van der Waals surface area contributed by atoms with E-state index in [1.807, 2.05) is 10.8 Å². The largest absolute Gasteiger partial charge is 0.465 e. The molecule has 0 saturated carbocycles. The number of aromatic nitrogens is 2. The maximum Gasteiger partial charge on any atom is 0.339 e. The van der Waals surface area contributed by atoms with Crippen molar-refractivity contribution < 1.29 is 17.9 Å². The number of anilines is 1. The maximum absolute atomic E-state index is 12.4. The van der Waals surface area contributed by atoms with Crippen LogP contribution in [0.4, 0.5) is 5.69 Å². The van der Waals surface area contributed by atoms with Crippen LogP contribution in [0.5, 0.6) is 0 Å². The number of nitrogens with one attached hydrogen (secondary N) is 1. The topological polar surface area (TPSA) is 90.3 Å². The molecular weight excluding hydrogens is 629 g/mol. The molecule has 0 amide bonds. The molecule has 45 heavy (non-hydrogen) atoms. The molecule has 0 radical (unpaired) electrons. The van der Waals surface area contributed by atoms with Gasteiger partial charge in [0.05, 0.1) is 35.3 Å². The number of methoxy groups -OCH3 is 1. The van der Waals surface area contributed by atoms with Crippen molar-refractivity contribution in [3.63, 3.8) is 0 Å². The van der Waals surface area contributed by atoms with Gasteiger partial charge in [0, 0.05) is 28.9 Å². The first-order valence-electron chi connectivity index (χ1n) is 14.3. The van der Waals surface area contributed by atoms with Crippen molar-refractivity contribution in [2.75, 3.05) is 18.1 Å². The van der Waals surface area contributed by atoms with E-state index in [0.717, 1.165) is 29.4 Å². The molecule has 1 N–H and O–H groups in total. The van der Waals surface area contributed by atoms with E-state index in [1.165, 1.54) is 18.7 Å². The van der Waals surface area contributed by atoms with Crippen molar-refractivity contribution in [2.45, 2.75) is 26.7 Å². The Morgan fingerprint density at radius 3 is 2.13 bits per heavy atom. The highest BCUT2D eigenvalue weighted by atomic mass is 35.5. The minimum absolute atomic E-state index is 0.0853. The van der Waals surface area contributed by atoms with Crippen LogP contribution in [0.25, 0.3) is 28.1 Å². The Bertz CT molecular complexity index is 1950. The Kier molecular flexibility index (Phi) is 9.68. The van der Waals surface area contributed by atoms with E-state index in [9.17, 15) is 13.2 Å². The van der Waals surface area contributed by atoms with Crippen molar-refractivity contribution in [1.82, 2.24) is 9.55 Å². The third-order valence-corrected chi connectivity index (χ3v) is 8.35. The quantitative estimate of drug-likeness (QED) is 0.152. The fourth-order valence-corrected chi connectivity index (χ4v) is 6.22. The van der Waals surface area contributed by atoms with Crippen LogP contribution in [-0.2, 0) is 27.6 Å². The first-order chi connectivity index (χ1) is 21.4. The summed E-state index contributed by atoms with van der Waals surface area (Å²) in [5.41, 5.74) is 6.68. The summed E-state index contributed by atoms with van der Waals surface area (Å²) in [6, 6.07) is 27.0. The minimum Gasteiger partial charge on any atom is -0.465 e. The number of ether oxygens (including phenoxy) is 1. The number of imidazole rings is 1. The lowest BCUT2D eigenvalue weighted by molar-refractivity contribution is 0.0602. The molecule has 5 rings (SSSR count). The van der Waals surface area contributed by atoms with Crippen LogP contribution in [0.1, 0.15) is 41.2 Å². The molecule has 0 saturated heterocycles. The summed E-state index contributed by atoms with van der Waals surface area (Å²) in [6.07, 6.45) is 4.36. The van der Waals surface area contributed by atoms with Gasteiger partial charge in [-0.15, -0.1) is 0 Å². The van der Waals surface area contributed by atoms with Gasteiger partial charge in [0.15, 0.2) is 0 Å². The standard InChI is InChI=1S/C35H33Cl2N3O4S/c1-22(2)17-23-5-9-25(10-6-23)26-11-7-24(8-12-26)18-34-38-33(29-15-13-27(36)19-31(29)37)21-40(34)28-14-16-30(35(41)44-3)32(20-28)39-45(4,42)43/h5-16,19-22,39H,17-18H2,1-4H3. The lowest BCUT2D eigenvalue weighted by atomic mass is 9.98. The van der Waals surface area contributed by atoms with E-state index in [2.05, 4.69) is 67.1 Å². The zero-order valence-corrected chi connectivity index (χ0v) is 27.7. The van der Waals surface area contributed by atoms with E-state index in [-0.39, 0.29) is 11.3 Å². The number of esters is 1. The molecule has 1 aromatic heterocycles. The Hall–Kier alpha value is -4.11. The molecule has 0 aliphatic heterocycles. The zero-order valence-electron chi connectivity index (χ0n) is 25.3. The summed E-state index contributed by atoms with van der Waals surface area (Å²) in [6.45, 7) is 4.43. The van der Waals surface area contributed by atoms with Crippen LogP contribution in [0, 0.1) is 5.92 Å². The molecule has 1 heterocycles. The number of carbonyl (C=O) groups is 1. The van der Waals surface area contributed by atoms with Crippen molar-refractivity contribution in [1.29, 1.82) is 0 Å². The predicted molar refractivity (Wildman–Crippen MR) is 182 cm³/mol. The van der Waals surface area contributed by atoms with Crippen LogP contribution in [0.3, 0.4) is 0 Å². The van der Waals surface area contributed by atoms with Gasteiger partial charge >= 0.3 is 5.97 Å². The number of benzene rings is 4. The predicted octanol–water partition coefficient (Wildman–Crippen LogP) is 8.46. The number of hydrogen-bond acceptors (Lipinski definition) is 5. The van der Waals surface area contributed by atoms with E-state index >= 15 is 0 Å². The molecule has 4 aromatic carbocycles. The van der Waals surface area contributed by atoms with Gasteiger partial charge in [-0.25, -0.2) is 18.2 Å². The monoisotopic (exact) mass is 661 g/mol. The Balaban J connectivity index is 1.53. The van der Waals surface area contributed by atoms with Gasteiger partial charge in [0.1, 0.15) is 5.82 Å². The number of nitrogens with zero attached hydrogens (tertiary/aromatic N) is 2.